The highest BCUT2D eigenvalue weighted by molar-refractivity contribution is 7.13. The van der Waals surface area contributed by atoms with Crippen molar-refractivity contribution < 1.29 is 9.90 Å². The zero-order chi connectivity index (χ0) is 13.7. The Balaban J connectivity index is 1.98. The number of rotatable bonds is 6. The van der Waals surface area contributed by atoms with Crippen LogP contribution in [0.5, 0.6) is 0 Å². The van der Waals surface area contributed by atoms with Gasteiger partial charge in [-0.15, -0.1) is 11.3 Å². The fourth-order valence-corrected chi connectivity index (χ4v) is 2.86. The van der Waals surface area contributed by atoms with E-state index in [0.717, 1.165) is 12.8 Å². The number of carboxylic acid groups (broad SMARTS) is 1. The summed E-state index contributed by atoms with van der Waals surface area (Å²) in [6.07, 6.45) is 2.11. The van der Waals surface area contributed by atoms with Crippen LogP contribution in [0.25, 0.3) is 10.4 Å². The molecule has 1 aromatic heterocycles. The van der Waals surface area contributed by atoms with Crippen molar-refractivity contribution in [2.24, 2.45) is 5.92 Å². The lowest BCUT2D eigenvalue weighted by molar-refractivity contribution is -0.138. The van der Waals surface area contributed by atoms with Gasteiger partial charge in [-0.3, -0.25) is 4.79 Å². The second kappa shape index (κ2) is 6.53. The van der Waals surface area contributed by atoms with E-state index in [-0.39, 0.29) is 12.3 Å². The minimum atomic E-state index is -0.708. The number of hydrogen-bond donors (Lipinski definition) is 1. The molecular weight excluding hydrogens is 256 g/mol. The summed E-state index contributed by atoms with van der Waals surface area (Å²) in [7, 11) is 0. The standard InChI is InChI=1S/C16H18O2S/c1-12(10-16(17)18)7-8-13-4-2-5-14(11-13)15-6-3-9-19-15/h2-6,9,11-12H,7-8,10H2,1H3,(H,17,18). The topological polar surface area (TPSA) is 37.3 Å². The number of carbonyl (C=O) groups is 1. The second-order valence-corrected chi connectivity index (χ2v) is 5.87. The van der Waals surface area contributed by atoms with Gasteiger partial charge >= 0.3 is 5.97 Å². The highest BCUT2D eigenvalue weighted by Crippen LogP contribution is 2.26. The Hall–Kier alpha value is -1.61. The van der Waals surface area contributed by atoms with E-state index in [0.29, 0.717) is 0 Å². The maximum Gasteiger partial charge on any atom is 0.303 e. The number of thiophene rings is 1. The molecule has 0 aliphatic carbocycles. The third-order valence-corrected chi connectivity index (χ3v) is 4.10. The van der Waals surface area contributed by atoms with E-state index in [1.54, 1.807) is 11.3 Å². The zero-order valence-corrected chi connectivity index (χ0v) is 11.8. The van der Waals surface area contributed by atoms with Gasteiger partial charge in [-0.1, -0.05) is 37.3 Å². The molecule has 1 N–H and O–H groups in total. The molecule has 100 valence electrons. The lowest BCUT2D eigenvalue weighted by Gasteiger charge is -2.09. The summed E-state index contributed by atoms with van der Waals surface area (Å²) in [6.45, 7) is 2.00. The summed E-state index contributed by atoms with van der Waals surface area (Å²) in [4.78, 5) is 11.9. The number of carboxylic acids is 1. The first kappa shape index (κ1) is 13.8. The van der Waals surface area contributed by atoms with E-state index in [1.165, 1.54) is 16.0 Å². The summed E-state index contributed by atoms with van der Waals surface area (Å²) in [5.41, 5.74) is 2.53. The van der Waals surface area contributed by atoms with Gasteiger partial charge in [-0.2, -0.15) is 0 Å². The molecule has 0 saturated carbocycles. The third-order valence-electron chi connectivity index (χ3n) is 3.18. The van der Waals surface area contributed by atoms with Crippen LogP contribution in [-0.4, -0.2) is 11.1 Å². The fourth-order valence-electron chi connectivity index (χ4n) is 2.14. The molecule has 2 rings (SSSR count). The van der Waals surface area contributed by atoms with Crippen LogP contribution in [0, 0.1) is 5.92 Å². The SMILES string of the molecule is CC(CCc1cccc(-c2cccs2)c1)CC(=O)O. The normalized spacial score (nSPS) is 12.3. The molecule has 0 amide bonds. The van der Waals surface area contributed by atoms with Crippen molar-refractivity contribution in [1.82, 2.24) is 0 Å². The van der Waals surface area contributed by atoms with Crippen molar-refractivity contribution >= 4 is 17.3 Å². The average Bonchev–Trinajstić information content (AvgIpc) is 2.90. The average molecular weight is 274 g/mol. The van der Waals surface area contributed by atoms with Gasteiger partial charge in [0.25, 0.3) is 0 Å². The van der Waals surface area contributed by atoms with E-state index < -0.39 is 5.97 Å². The Kier molecular flexibility index (Phi) is 4.74. The van der Waals surface area contributed by atoms with Crippen LogP contribution >= 0.6 is 11.3 Å². The smallest absolute Gasteiger partial charge is 0.303 e. The van der Waals surface area contributed by atoms with Gasteiger partial charge in [0.05, 0.1) is 0 Å². The molecule has 0 aliphatic heterocycles. The first-order valence-corrected chi connectivity index (χ1v) is 7.37. The van der Waals surface area contributed by atoms with Gasteiger partial charge < -0.3 is 5.11 Å². The van der Waals surface area contributed by atoms with Gasteiger partial charge in [0.15, 0.2) is 0 Å². The van der Waals surface area contributed by atoms with Gasteiger partial charge in [0, 0.05) is 11.3 Å². The van der Waals surface area contributed by atoms with E-state index in [4.69, 9.17) is 5.11 Å². The van der Waals surface area contributed by atoms with E-state index in [2.05, 4.69) is 41.8 Å². The van der Waals surface area contributed by atoms with Crippen molar-refractivity contribution in [3.05, 3.63) is 47.3 Å². The Morgan fingerprint density at radius 2 is 2.16 bits per heavy atom. The predicted octanol–water partition coefficient (Wildman–Crippen LogP) is 4.46. The Labute approximate surface area is 117 Å². The molecule has 0 saturated heterocycles. The van der Waals surface area contributed by atoms with Crippen LogP contribution in [-0.2, 0) is 11.2 Å². The van der Waals surface area contributed by atoms with Gasteiger partial charge in [0.2, 0.25) is 0 Å². The molecule has 0 spiro atoms. The largest absolute Gasteiger partial charge is 0.481 e. The first-order valence-electron chi connectivity index (χ1n) is 6.50. The fraction of sp³-hybridized carbons (Fsp3) is 0.312. The Bertz CT molecular complexity index is 531. The van der Waals surface area contributed by atoms with Crippen LogP contribution < -0.4 is 0 Å². The molecular formula is C16H18O2S. The molecule has 0 bridgehead atoms. The number of hydrogen-bond acceptors (Lipinski definition) is 2. The van der Waals surface area contributed by atoms with Gasteiger partial charge in [-0.05, 0) is 41.3 Å². The Morgan fingerprint density at radius 1 is 1.32 bits per heavy atom. The van der Waals surface area contributed by atoms with Crippen molar-refractivity contribution in [2.75, 3.05) is 0 Å². The van der Waals surface area contributed by atoms with Gasteiger partial charge in [0.1, 0.15) is 0 Å². The molecule has 1 unspecified atom stereocenters. The van der Waals surface area contributed by atoms with Crippen LogP contribution in [0.1, 0.15) is 25.3 Å². The minimum Gasteiger partial charge on any atom is -0.481 e. The lowest BCUT2D eigenvalue weighted by atomic mass is 9.97. The van der Waals surface area contributed by atoms with Crippen molar-refractivity contribution in [3.63, 3.8) is 0 Å². The molecule has 3 heteroatoms. The van der Waals surface area contributed by atoms with Crippen molar-refractivity contribution in [3.8, 4) is 10.4 Å². The van der Waals surface area contributed by atoms with Crippen LogP contribution in [0.4, 0.5) is 0 Å². The Morgan fingerprint density at radius 3 is 2.84 bits per heavy atom. The van der Waals surface area contributed by atoms with E-state index in [9.17, 15) is 4.79 Å². The maximum atomic E-state index is 10.6. The summed E-state index contributed by atoms with van der Waals surface area (Å²) < 4.78 is 0. The highest BCUT2D eigenvalue weighted by Gasteiger charge is 2.08. The molecule has 1 atom stereocenters. The molecule has 2 nitrogen and oxygen atoms in total. The van der Waals surface area contributed by atoms with Crippen molar-refractivity contribution in [1.29, 1.82) is 0 Å². The van der Waals surface area contributed by atoms with Crippen LogP contribution in [0.3, 0.4) is 0 Å². The monoisotopic (exact) mass is 274 g/mol. The summed E-state index contributed by atoms with van der Waals surface area (Å²) in [5.74, 6) is -0.484. The van der Waals surface area contributed by atoms with E-state index in [1.807, 2.05) is 6.92 Å². The molecule has 1 aromatic carbocycles. The van der Waals surface area contributed by atoms with Crippen molar-refractivity contribution in [2.45, 2.75) is 26.2 Å². The second-order valence-electron chi connectivity index (χ2n) is 4.92. The van der Waals surface area contributed by atoms with Crippen LogP contribution in [0.15, 0.2) is 41.8 Å². The quantitative estimate of drug-likeness (QED) is 0.844. The first-order chi connectivity index (χ1) is 9.15. The molecule has 1 heterocycles. The maximum absolute atomic E-state index is 10.6. The van der Waals surface area contributed by atoms with E-state index >= 15 is 0 Å². The van der Waals surface area contributed by atoms with Gasteiger partial charge in [-0.25, -0.2) is 0 Å². The molecule has 2 aromatic rings. The molecule has 0 radical (unpaired) electrons. The molecule has 0 aliphatic rings. The lowest BCUT2D eigenvalue weighted by Crippen LogP contribution is -2.05. The minimum absolute atomic E-state index is 0.225. The highest BCUT2D eigenvalue weighted by atomic mass is 32.1. The summed E-state index contributed by atoms with van der Waals surface area (Å²) in [6, 6.07) is 12.7. The zero-order valence-electron chi connectivity index (χ0n) is 11.0. The third kappa shape index (κ3) is 4.21. The molecule has 0 fully saturated rings. The molecule has 19 heavy (non-hydrogen) atoms. The summed E-state index contributed by atoms with van der Waals surface area (Å²) >= 11 is 1.74. The number of aryl methyl sites for hydroxylation is 1. The number of benzene rings is 1. The van der Waals surface area contributed by atoms with Crippen LogP contribution in [0.2, 0.25) is 0 Å². The summed E-state index contributed by atoms with van der Waals surface area (Å²) in [5, 5.41) is 10.8. The number of aliphatic carboxylic acids is 1. The predicted molar refractivity (Wildman–Crippen MR) is 79.5 cm³/mol.